The van der Waals surface area contributed by atoms with E-state index in [2.05, 4.69) is 20.8 Å². The van der Waals surface area contributed by atoms with E-state index in [0.29, 0.717) is 26.1 Å². The van der Waals surface area contributed by atoms with Crippen molar-refractivity contribution in [2.75, 3.05) is 19.8 Å². The zero-order valence-corrected chi connectivity index (χ0v) is 34.2. The van der Waals surface area contributed by atoms with Crippen molar-refractivity contribution in [2.24, 2.45) is 0 Å². The molecular formula is C45H88O5. The smallest absolute Gasteiger partial charge is 0.306 e. The minimum absolute atomic E-state index is 0.0963. The summed E-state index contributed by atoms with van der Waals surface area (Å²) in [4.78, 5) is 25.1. The maximum atomic E-state index is 12.6. The molecule has 0 rings (SSSR count). The second-order valence-corrected chi connectivity index (χ2v) is 15.3. The molecule has 5 heteroatoms. The minimum atomic E-state index is -0.519. The summed E-state index contributed by atoms with van der Waals surface area (Å²) in [5.74, 6) is -0.382. The van der Waals surface area contributed by atoms with Gasteiger partial charge in [-0.3, -0.25) is 9.59 Å². The van der Waals surface area contributed by atoms with Crippen LogP contribution >= 0.6 is 0 Å². The second kappa shape index (κ2) is 42.3. The third-order valence-electron chi connectivity index (χ3n) is 10.1. The van der Waals surface area contributed by atoms with Gasteiger partial charge in [0.1, 0.15) is 6.61 Å². The monoisotopic (exact) mass is 709 g/mol. The maximum absolute atomic E-state index is 12.6. The molecule has 0 heterocycles. The molecule has 0 aliphatic heterocycles. The number of ether oxygens (including phenoxy) is 3. The standard InChI is InChI=1S/C45H88O5/c1-4-7-10-13-16-19-21-22-23-25-28-31-34-37-40-48-41-43(50-45(47)39-36-33-30-26-18-15-12-9-6-3)42-49-44(46)38-35-32-29-27-24-20-17-14-11-8-5-2/h43H,4-42H2,1-3H3. The van der Waals surface area contributed by atoms with Crippen LogP contribution in [0.5, 0.6) is 0 Å². The highest BCUT2D eigenvalue weighted by Crippen LogP contribution is 2.15. The number of unbranched alkanes of at least 4 members (excludes halogenated alkanes) is 31. The first-order chi connectivity index (χ1) is 24.6. The van der Waals surface area contributed by atoms with Gasteiger partial charge >= 0.3 is 11.9 Å². The van der Waals surface area contributed by atoms with E-state index in [4.69, 9.17) is 14.2 Å². The molecule has 0 saturated carbocycles. The molecule has 0 amide bonds. The van der Waals surface area contributed by atoms with E-state index in [1.807, 2.05) is 0 Å². The summed E-state index contributed by atoms with van der Waals surface area (Å²) in [7, 11) is 0. The van der Waals surface area contributed by atoms with Crippen molar-refractivity contribution in [1.82, 2.24) is 0 Å². The van der Waals surface area contributed by atoms with E-state index in [9.17, 15) is 9.59 Å². The average Bonchev–Trinajstić information content (AvgIpc) is 3.11. The predicted octanol–water partition coefficient (Wildman–Crippen LogP) is 14.6. The Labute approximate surface area is 312 Å². The topological polar surface area (TPSA) is 61.8 Å². The van der Waals surface area contributed by atoms with Crippen LogP contribution in [0.2, 0.25) is 0 Å². The Balaban J connectivity index is 4.16. The van der Waals surface area contributed by atoms with Crippen LogP contribution in [0.1, 0.15) is 252 Å². The SMILES string of the molecule is CCCCCCCCCCCCCCCCOCC(COC(=O)CCCCCCCCCCCCC)OC(=O)CCCCCCCCCCC. The molecule has 0 aliphatic carbocycles. The first kappa shape index (κ1) is 48.9. The van der Waals surface area contributed by atoms with Gasteiger partial charge in [0.15, 0.2) is 6.10 Å². The Hall–Kier alpha value is -1.10. The molecule has 50 heavy (non-hydrogen) atoms. The van der Waals surface area contributed by atoms with Crippen molar-refractivity contribution < 1.29 is 23.8 Å². The zero-order valence-electron chi connectivity index (χ0n) is 34.2. The Morgan fingerprint density at radius 2 is 0.660 bits per heavy atom. The molecule has 0 aromatic rings. The lowest BCUT2D eigenvalue weighted by molar-refractivity contribution is -0.163. The summed E-state index contributed by atoms with van der Waals surface area (Å²) >= 11 is 0. The van der Waals surface area contributed by atoms with Crippen LogP contribution in [0.25, 0.3) is 0 Å². The number of carbonyl (C=O) groups is 2. The van der Waals surface area contributed by atoms with Gasteiger partial charge in [-0.25, -0.2) is 0 Å². The fourth-order valence-electron chi connectivity index (χ4n) is 6.75. The van der Waals surface area contributed by atoms with E-state index in [0.717, 1.165) is 32.1 Å². The molecule has 298 valence electrons. The van der Waals surface area contributed by atoms with Gasteiger partial charge in [-0.1, -0.05) is 220 Å². The number of hydrogen-bond acceptors (Lipinski definition) is 5. The third kappa shape index (κ3) is 39.7. The predicted molar refractivity (Wildman–Crippen MR) is 215 cm³/mol. The Kier molecular flexibility index (Phi) is 41.4. The fourth-order valence-corrected chi connectivity index (χ4v) is 6.75. The number of rotatable bonds is 42. The van der Waals surface area contributed by atoms with Crippen LogP contribution in [0.3, 0.4) is 0 Å². The molecular weight excluding hydrogens is 620 g/mol. The maximum Gasteiger partial charge on any atom is 0.306 e. The highest BCUT2D eigenvalue weighted by atomic mass is 16.6. The van der Waals surface area contributed by atoms with Gasteiger partial charge < -0.3 is 14.2 Å². The molecule has 1 atom stereocenters. The molecule has 0 N–H and O–H groups in total. The lowest BCUT2D eigenvalue weighted by atomic mass is 10.0. The van der Waals surface area contributed by atoms with Gasteiger partial charge in [-0.15, -0.1) is 0 Å². The highest BCUT2D eigenvalue weighted by Gasteiger charge is 2.17. The second-order valence-electron chi connectivity index (χ2n) is 15.3. The average molecular weight is 709 g/mol. The summed E-state index contributed by atoms with van der Waals surface area (Å²) in [5, 5.41) is 0. The molecule has 0 bridgehead atoms. The van der Waals surface area contributed by atoms with Crippen molar-refractivity contribution in [1.29, 1.82) is 0 Å². The van der Waals surface area contributed by atoms with Gasteiger partial charge in [0.2, 0.25) is 0 Å². The third-order valence-corrected chi connectivity index (χ3v) is 10.1. The van der Waals surface area contributed by atoms with E-state index >= 15 is 0 Å². The largest absolute Gasteiger partial charge is 0.462 e. The molecule has 0 aliphatic rings. The van der Waals surface area contributed by atoms with Crippen molar-refractivity contribution in [3.63, 3.8) is 0 Å². The summed E-state index contributed by atoms with van der Waals surface area (Å²) in [6.07, 6.45) is 43.8. The van der Waals surface area contributed by atoms with Crippen LogP contribution in [0.4, 0.5) is 0 Å². The van der Waals surface area contributed by atoms with Crippen LogP contribution in [-0.2, 0) is 23.8 Å². The molecule has 5 nitrogen and oxygen atoms in total. The van der Waals surface area contributed by atoms with E-state index in [1.54, 1.807) is 0 Å². The van der Waals surface area contributed by atoms with E-state index in [1.165, 1.54) is 186 Å². The summed E-state index contributed by atoms with van der Waals surface area (Å²) in [6.45, 7) is 7.85. The Bertz CT molecular complexity index is 680. The first-order valence-corrected chi connectivity index (χ1v) is 22.6. The quantitative estimate of drug-likeness (QED) is 0.0466. The van der Waals surface area contributed by atoms with Gasteiger partial charge in [-0.2, -0.15) is 0 Å². The van der Waals surface area contributed by atoms with Crippen LogP contribution in [-0.4, -0.2) is 37.9 Å². The summed E-state index contributed by atoms with van der Waals surface area (Å²) < 4.78 is 17.3. The van der Waals surface area contributed by atoms with Gasteiger partial charge in [0.05, 0.1) is 6.61 Å². The zero-order chi connectivity index (χ0) is 36.4. The molecule has 0 aromatic carbocycles. The lowest BCUT2D eigenvalue weighted by Gasteiger charge is -2.18. The van der Waals surface area contributed by atoms with Crippen molar-refractivity contribution in [3.8, 4) is 0 Å². The molecule has 1 unspecified atom stereocenters. The molecule has 0 saturated heterocycles. The molecule has 0 spiro atoms. The fraction of sp³-hybridized carbons (Fsp3) is 0.956. The van der Waals surface area contributed by atoms with E-state index in [-0.39, 0.29) is 18.5 Å². The Morgan fingerprint density at radius 1 is 0.360 bits per heavy atom. The van der Waals surface area contributed by atoms with Crippen molar-refractivity contribution in [2.45, 2.75) is 258 Å². The lowest BCUT2D eigenvalue weighted by Crippen LogP contribution is -2.30. The van der Waals surface area contributed by atoms with Crippen molar-refractivity contribution in [3.05, 3.63) is 0 Å². The minimum Gasteiger partial charge on any atom is -0.462 e. The van der Waals surface area contributed by atoms with Crippen molar-refractivity contribution >= 4 is 11.9 Å². The van der Waals surface area contributed by atoms with Gasteiger partial charge in [0.25, 0.3) is 0 Å². The van der Waals surface area contributed by atoms with Crippen LogP contribution in [0, 0.1) is 0 Å². The molecule has 0 aromatic heterocycles. The van der Waals surface area contributed by atoms with Gasteiger partial charge in [-0.05, 0) is 19.3 Å². The summed E-state index contributed by atoms with van der Waals surface area (Å²) in [5.41, 5.74) is 0. The van der Waals surface area contributed by atoms with Crippen LogP contribution < -0.4 is 0 Å². The van der Waals surface area contributed by atoms with Gasteiger partial charge in [0, 0.05) is 19.4 Å². The molecule has 0 radical (unpaired) electrons. The summed E-state index contributed by atoms with van der Waals surface area (Å²) in [6, 6.07) is 0. The first-order valence-electron chi connectivity index (χ1n) is 22.6. The number of esters is 2. The normalized spacial score (nSPS) is 12.0. The number of carbonyl (C=O) groups excluding carboxylic acids is 2. The number of hydrogen-bond donors (Lipinski definition) is 0. The van der Waals surface area contributed by atoms with E-state index < -0.39 is 6.10 Å². The van der Waals surface area contributed by atoms with Crippen LogP contribution in [0.15, 0.2) is 0 Å². The Morgan fingerprint density at radius 3 is 1.02 bits per heavy atom. The molecule has 0 fully saturated rings. The highest BCUT2D eigenvalue weighted by molar-refractivity contribution is 5.70.